The smallest absolute Gasteiger partial charge is 0.226 e. The molecule has 0 amide bonds. The van der Waals surface area contributed by atoms with Crippen molar-refractivity contribution in [2.75, 3.05) is 69.1 Å². The van der Waals surface area contributed by atoms with Gasteiger partial charge < -0.3 is 36.2 Å². The molecule has 0 spiro atoms. The molecule has 0 radical (unpaired) electrons. The van der Waals surface area contributed by atoms with E-state index in [1.165, 1.54) is 0 Å². The van der Waals surface area contributed by atoms with Gasteiger partial charge in [-0.3, -0.25) is 0 Å². The quantitative estimate of drug-likeness (QED) is 0.250. The van der Waals surface area contributed by atoms with Crippen LogP contribution in [0.4, 0.5) is 23.5 Å². The Morgan fingerprint density at radius 1 is 0.841 bits per heavy atom. The van der Waals surface area contributed by atoms with E-state index in [0.29, 0.717) is 41.1 Å². The van der Waals surface area contributed by atoms with Gasteiger partial charge in [0.05, 0.1) is 10.8 Å². The van der Waals surface area contributed by atoms with Gasteiger partial charge in [0.25, 0.3) is 0 Å². The van der Waals surface area contributed by atoms with E-state index >= 15 is 0 Å². The van der Waals surface area contributed by atoms with E-state index in [2.05, 4.69) is 81.6 Å². The summed E-state index contributed by atoms with van der Waals surface area (Å²) in [5, 5.41) is 11.8. The number of pyridine rings is 2. The number of nitrogens with zero attached hydrogens (tertiary/aromatic N) is 8. The minimum absolute atomic E-state index is 0.173. The van der Waals surface area contributed by atoms with Crippen LogP contribution in [-0.2, 0) is 4.74 Å². The van der Waals surface area contributed by atoms with Crippen molar-refractivity contribution in [3.63, 3.8) is 0 Å². The molecule has 3 aliphatic heterocycles. The van der Waals surface area contributed by atoms with Crippen LogP contribution in [0, 0.1) is 11.8 Å². The average molecular weight is 597 g/mol. The molecule has 1 unspecified atom stereocenters. The van der Waals surface area contributed by atoms with Crippen molar-refractivity contribution in [2.45, 2.75) is 50.9 Å². The van der Waals surface area contributed by atoms with E-state index in [0.717, 1.165) is 79.6 Å². The molecule has 44 heavy (non-hydrogen) atoms. The molecule has 7 rings (SSSR count). The number of ether oxygens (including phenoxy) is 1. The highest BCUT2D eigenvalue weighted by Crippen LogP contribution is 2.37. The number of hydrogen-bond donors (Lipinski definition) is 4. The fourth-order valence-electron chi connectivity index (χ4n) is 5.91. The van der Waals surface area contributed by atoms with E-state index in [1.807, 2.05) is 12.1 Å². The van der Waals surface area contributed by atoms with Gasteiger partial charge in [-0.05, 0) is 85.0 Å². The molecule has 13 nitrogen and oxygen atoms in total. The molecule has 0 aliphatic carbocycles. The summed E-state index contributed by atoms with van der Waals surface area (Å²) in [6, 6.07) is 4.59. The Bertz CT molecular complexity index is 1690. The summed E-state index contributed by atoms with van der Waals surface area (Å²) in [7, 11) is 5.98. The highest BCUT2D eigenvalue weighted by molar-refractivity contribution is 5.94. The molecule has 4 aromatic heterocycles. The van der Waals surface area contributed by atoms with Gasteiger partial charge >= 0.3 is 0 Å². The number of piperidine rings is 2. The molecule has 2 saturated heterocycles. The number of nitrogen functional groups attached to an aromatic ring is 1. The monoisotopic (exact) mass is 596 g/mol. The van der Waals surface area contributed by atoms with Gasteiger partial charge in [0.1, 0.15) is 11.6 Å². The Labute approximate surface area is 257 Å². The minimum atomic E-state index is -0.173. The lowest BCUT2D eigenvalue weighted by Crippen LogP contribution is -2.37. The van der Waals surface area contributed by atoms with E-state index in [1.54, 1.807) is 26.4 Å². The van der Waals surface area contributed by atoms with Gasteiger partial charge in [0, 0.05) is 42.7 Å². The highest BCUT2D eigenvalue weighted by atomic mass is 16.5. The number of nitrogens with two attached hydrogens (primary N) is 1. The van der Waals surface area contributed by atoms with Crippen LogP contribution in [0.1, 0.15) is 50.0 Å². The number of nitrogens with one attached hydrogen (secondary N) is 3. The summed E-state index contributed by atoms with van der Waals surface area (Å²) in [4.78, 5) is 31.4. The molecular formula is C31H40N12O. The Morgan fingerprint density at radius 2 is 1.41 bits per heavy atom. The summed E-state index contributed by atoms with van der Waals surface area (Å²) in [6.07, 6.45) is 7.66. The predicted molar refractivity (Wildman–Crippen MR) is 173 cm³/mol. The maximum atomic E-state index is 6.11. The van der Waals surface area contributed by atoms with Gasteiger partial charge in [-0.1, -0.05) is 5.92 Å². The number of aromatic nitrogens is 6. The van der Waals surface area contributed by atoms with E-state index in [-0.39, 0.29) is 6.23 Å². The summed E-state index contributed by atoms with van der Waals surface area (Å²) >= 11 is 0. The van der Waals surface area contributed by atoms with Crippen LogP contribution in [0.15, 0.2) is 24.5 Å². The normalized spacial score (nSPS) is 19.1. The summed E-state index contributed by atoms with van der Waals surface area (Å²) < 4.78 is 5.45. The maximum absolute atomic E-state index is 6.11. The van der Waals surface area contributed by atoms with Crippen molar-refractivity contribution in [3.05, 3.63) is 35.7 Å². The maximum Gasteiger partial charge on any atom is 0.226 e. The number of methoxy groups -OCH3 is 1. The molecule has 0 bridgehead atoms. The molecule has 5 N–H and O–H groups in total. The van der Waals surface area contributed by atoms with Crippen LogP contribution in [0.2, 0.25) is 0 Å². The third-order valence-corrected chi connectivity index (χ3v) is 8.40. The second-order valence-electron chi connectivity index (χ2n) is 11.6. The Morgan fingerprint density at radius 3 is 2.00 bits per heavy atom. The number of rotatable bonds is 5. The largest absolute Gasteiger partial charge is 0.383 e. The lowest BCUT2D eigenvalue weighted by atomic mass is 10.1. The average Bonchev–Trinajstić information content (AvgIpc) is 3.39. The van der Waals surface area contributed by atoms with Crippen molar-refractivity contribution in [2.24, 2.45) is 0 Å². The molecule has 0 saturated carbocycles. The second kappa shape index (κ2) is 13.1. The van der Waals surface area contributed by atoms with Gasteiger partial charge in [-0.25, -0.2) is 9.97 Å². The summed E-state index contributed by atoms with van der Waals surface area (Å²) in [5.41, 5.74) is 9.27. The number of anilines is 4. The predicted octanol–water partition coefficient (Wildman–Crippen LogP) is 3.09. The van der Waals surface area contributed by atoms with Gasteiger partial charge in [-0.15, -0.1) is 5.92 Å². The van der Waals surface area contributed by atoms with Gasteiger partial charge in [0.15, 0.2) is 17.5 Å². The lowest BCUT2D eigenvalue weighted by Gasteiger charge is -2.29. The number of hydrogen-bond acceptors (Lipinski definition) is 13. The molecular weight excluding hydrogens is 556 g/mol. The first-order chi connectivity index (χ1) is 21.4. The van der Waals surface area contributed by atoms with Crippen molar-refractivity contribution in [1.82, 2.24) is 39.7 Å². The van der Waals surface area contributed by atoms with E-state index < -0.39 is 0 Å². The minimum Gasteiger partial charge on any atom is -0.383 e. The third-order valence-electron chi connectivity index (χ3n) is 8.40. The molecule has 3 aliphatic rings. The van der Waals surface area contributed by atoms with Crippen LogP contribution in [0.5, 0.6) is 0 Å². The Balaban J connectivity index is 0.000000156. The van der Waals surface area contributed by atoms with Crippen LogP contribution in [0.25, 0.3) is 22.1 Å². The van der Waals surface area contributed by atoms with Crippen LogP contribution in [0.3, 0.4) is 0 Å². The third kappa shape index (κ3) is 6.42. The summed E-state index contributed by atoms with van der Waals surface area (Å²) in [6.45, 7) is 6.15. The van der Waals surface area contributed by atoms with Gasteiger partial charge in [-0.2, -0.15) is 19.9 Å². The molecule has 0 aromatic carbocycles. The SMILES string of the molecule is CC#Cc1ccnc2nc(NC3CCN(C)CC3)nc(N)c12.COC1Nc2nc(NC3CCN(C)CC3)nc3nccc1c23. The van der Waals surface area contributed by atoms with Crippen LogP contribution < -0.4 is 21.7 Å². The topological polar surface area (TPSA) is 155 Å². The zero-order chi connectivity index (χ0) is 30.6. The lowest BCUT2D eigenvalue weighted by molar-refractivity contribution is 0.130. The van der Waals surface area contributed by atoms with Crippen molar-refractivity contribution >= 4 is 45.6 Å². The van der Waals surface area contributed by atoms with Crippen molar-refractivity contribution in [3.8, 4) is 11.8 Å². The summed E-state index contributed by atoms with van der Waals surface area (Å²) in [5.74, 6) is 8.32. The molecule has 1 atom stereocenters. The van der Waals surface area contributed by atoms with Crippen molar-refractivity contribution in [1.29, 1.82) is 0 Å². The number of likely N-dealkylation sites (tertiary alicyclic amines) is 2. The first-order valence-corrected chi connectivity index (χ1v) is 15.1. The van der Waals surface area contributed by atoms with E-state index in [4.69, 9.17) is 10.5 Å². The standard InChI is InChI=1S/C16H20N6.C15H20N6O/c1-3-4-11-5-8-18-15-13(11)14(17)20-16(21-15)19-12-6-9-22(2)10-7-12;1-21-7-4-9(5-8-21)17-15-19-12-11-10(3-6-16-12)14(22-2)18-13(11)20-15/h5,8,12H,6-7,9-10H2,1-2H3,(H3,17,18,19,20,21);3,6,9,14H,4-5,7-8H2,1-2H3,(H2,16,17,18,19,20). The van der Waals surface area contributed by atoms with Crippen molar-refractivity contribution < 1.29 is 4.74 Å². The molecule has 13 heteroatoms. The molecule has 2 fully saturated rings. The second-order valence-corrected chi connectivity index (χ2v) is 11.6. The Kier molecular flexibility index (Phi) is 8.83. The zero-order valence-electron chi connectivity index (χ0n) is 25.8. The number of fused-ring (bicyclic) bond motifs is 1. The Hall–Kier alpha value is -4.38. The first-order valence-electron chi connectivity index (χ1n) is 15.1. The fraction of sp³-hybridized carbons (Fsp3) is 0.484. The van der Waals surface area contributed by atoms with Gasteiger partial charge in [0.2, 0.25) is 11.9 Å². The highest BCUT2D eigenvalue weighted by Gasteiger charge is 2.27. The van der Waals surface area contributed by atoms with E-state index in [9.17, 15) is 0 Å². The van der Waals surface area contributed by atoms with Crippen LogP contribution in [-0.4, -0.2) is 99.2 Å². The molecule has 230 valence electrons. The molecule has 7 heterocycles. The fourth-order valence-corrected chi connectivity index (χ4v) is 5.91. The molecule has 4 aromatic rings. The first kappa shape index (κ1) is 29.7. The van der Waals surface area contributed by atoms with Crippen LogP contribution >= 0.6 is 0 Å². The zero-order valence-corrected chi connectivity index (χ0v) is 25.8.